The van der Waals surface area contributed by atoms with Gasteiger partial charge in [-0.05, 0) is 30.2 Å². The number of hydrogen-bond acceptors (Lipinski definition) is 9. The Morgan fingerprint density at radius 1 is 1.26 bits per heavy atom. The van der Waals surface area contributed by atoms with Crippen molar-refractivity contribution in [2.45, 2.75) is 31.5 Å². The first kappa shape index (κ1) is 25.4. The van der Waals surface area contributed by atoms with Gasteiger partial charge in [-0.2, -0.15) is 5.26 Å². The summed E-state index contributed by atoms with van der Waals surface area (Å²) in [7, 11) is 1.61. The summed E-state index contributed by atoms with van der Waals surface area (Å²) in [5.74, 6) is 1.47. The summed E-state index contributed by atoms with van der Waals surface area (Å²) >= 11 is 0. The minimum atomic E-state index is -2.50. The average Bonchev–Trinajstić information content (AvgIpc) is 2.96. The smallest absolute Gasteiger partial charge is 0.255 e. The van der Waals surface area contributed by atoms with Crippen LogP contribution in [-0.2, 0) is 6.54 Å². The molecule has 4 aliphatic heterocycles. The Kier molecular flexibility index (Phi) is 7.33. The Bertz CT molecular complexity index is 1300. The maximum atomic E-state index is 12.7. The maximum absolute atomic E-state index is 12.7. The van der Waals surface area contributed by atoms with E-state index in [1.807, 2.05) is 30.5 Å². The largest absolute Gasteiger partial charge is 0.481 e. The first-order valence-electron chi connectivity index (χ1n) is 12.3. The zero-order valence-corrected chi connectivity index (χ0v) is 20.9. The number of nitriles is 1. The number of methoxy groups -OCH3 is 1. The van der Waals surface area contributed by atoms with Crippen LogP contribution in [0.1, 0.15) is 17.5 Å². The summed E-state index contributed by atoms with van der Waals surface area (Å²) < 4.78 is 30.5. The zero-order valence-electron chi connectivity index (χ0n) is 20.9. The lowest BCUT2D eigenvalue weighted by atomic mass is 9.87. The second-order valence-corrected chi connectivity index (χ2v) is 9.35. The minimum Gasteiger partial charge on any atom is -0.481 e. The summed E-state index contributed by atoms with van der Waals surface area (Å²) in [5.41, 5.74) is 3.50. The highest BCUT2D eigenvalue weighted by Gasteiger charge is 2.44. The Balaban J connectivity index is 1.29. The summed E-state index contributed by atoms with van der Waals surface area (Å²) in [5, 5.41) is 22.7. The van der Waals surface area contributed by atoms with Crippen molar-refractivity contribution < 1.29 is 13.5 Å². The molecular weight excluding hydrogens is 490 g/mol. The molecule has 2 aromatic rings. The number of allylic oxidation sites excluding steroid dienone is 3. The van der Waals surface area contributed by atoms with Crippen molar-refractivity contribution in [3.63, 3.8) is 0 Å². The number of hydrogen-bond donors (Lipinski definition) is 3. The molecule has 3 N–H and O–H groups in total. The van der Waals surface area contributed by atoms with E-state index in [-0.39, 0.29) is 5.57 Å². The van der Waals surface area contributed by atoms with Crippen LogP contribution in [0.2, 0.25) is 0 Å². The third-order valence-corrected chi connectivity index (χ3v) is 7.04. The van der Waals surface area contributed by atoms with Crippen LogP contribution in [0.4, 0.5) is 14.6 Å². The molecule has 2 atom stereocenters. The van der Waals surface area contributed by atoms with Crippen molar-refractivity contribution in [3.05, 3.63) is 77.0 Å². The van der Waals surface area contributed by atoms with E-state index in [4.69, 9.17) is 15.1 Å². The summed E-state index contributed by atoms with van der Waals surface area (Å²) in [4.78, 5) is 13.8. The molecular formula is C27H28F2N8O. The van der Waals surface area contributed by atoms with Gasteiger partial charge in [0.05, 0.1) is 30.6 Å². The van der Waals surface area contributed by atoms with Crippen molar-refractivity contribution in [3.8, 4) is 11.9 Å². The molecule has 0 radical (unpaired) electrons. The molecule has 196 valence electrons. The van der Waals surface area contributed by atoms with Crippen LogP contribution in [0.15, 0.2) is 65.9 Å². The van der Waals surface area contributed by atoms with Crippen LogP contribution in [0.3, 0.4) is 0 Å². The number of fused-ring (bicyclic) bond motifs is 2. The molecule has 6 rings (SSSR count). The van der Waals surface area contributed by atoms with Gasteiger partial charge in [-0.1, -0.05) is 6.07 Å². The summed E-state index contributed by atoms with van der Waals surface area (Å²) in [6, 6.07) is 10.7. The van der Waals surface area contributed by atoms with Crippen molar-refractivity contribution in [2.24, 2.45) is 0 Å². The molecule has 0 saturated carbocycles. The molecule has 4 aliphatic rings. The van der Waals surface area contributed by atoms with E-state index in [0.717, 1.165) is 43.7 Å². The van der Waals surface area contributed by atoms with E-state index in [1.165, 1.54) is 6.20 Å². The lowest BCUT2D eigenvalue weighted by Crippen LogP contribution is -2.68. The van der Waals surface area contributed by atoms with Gasteiger partial charge in [0.2, 0.25) is 5.88 Å². The average molecular weight is 519 g/mol. The van der Waals surface area contributed by atoms with E-state index in [0.29, 0.717) is 40.5 Å². The zero-order chi connectivity index (χ0) is 26.6. The fraction of sp³-hybridized carbons (Fsp3) is 0.333. The van der Waals surface area contributed by atoms with Crippen LogP contribution in [0, 0.1) is 16.7 Å². The lowest BCUT2D eigenvalue weighted by Gasteiger charge is -2.56. The summed E-state index contributed by atoms with van der Waals surface area (Å²) in [6.45, 7) is 2.11. The van der Waals surface area contributed by atoms with Crippen molar-refractivity contribution >= 4 is 17.6 Å². The highest BCUT2D eigenvalue weighted by molar-refractivity contribution is 5.93. The van der Waals surface area contributed by atoms with Gasteiger partial charge in [-0.25, -0.2) is 18.7 Å². The Morgan fingerprint density at radius 3 is 2.68 bits per heavy atom. The van der Waals surface area contributed by atoms with Gasteiger partial charge in [0.15, 0.2) is 0 Å². The van der Waals surface area contributed by atoms with E-state index in [9.17, 15) is 14.0 Å². The third-order valence-electron chi connectivity index (χ3n) is 7.04. The quantitative estimate of drug-likeness (QED) is 0.343. The molecule has 0 aromatic carbocycles. The second-order valence-electron chi connectivity index (χ2n) is 9.35. The van der Waals surface area contributed by atoms with Crippen LogP contribution in [0.25, 0.3) is 5.57 Å². The van der Waals surface area contributed by atoms with Gasteiger partial charge in [0.1, 0.15) is 11.9 Å². The molecule has 38 heavy (non-hydrogen) atoms. The van der Waals surface area contributed by atoms with E-state index >= 15 is 0 Å². The predicted octanol–water partition coefficient (Wildman–Crippen LogP) is 3.06. The number of halogens is 2. The first-order chi connectivity index (χ1) is 18.5. The number of nitrogens with zero attached hydrogens (tertiary/aromatic N) is 5. The monoisotopic (exact) mass is 518 g/mol. The van der Waals surface area contributed by atoms with Crippen LogP contribution < -0.4 is 20.3 Å². The molecule has 3 saturated heterocycles. The first-order valence-corrected chi connectivity index (χ1v) is 12.3. The molecule has 9 nitrogen and oxygen atoms in total. The van der Waals surface area contributed by atoms with Crippen LogP contribution >= 0.6 is 0 Å². The Morgan fingerprint density at radius 2 is 2.08 bits per heavy atom. The summed E-state index contributed by atoms with van der Waals surface area (Å²) in [6.07, 6.45) is 6.41. The van der Waals surface area contributed by atoms with Gasteiger partial charge >= 0.3 is 0 Å². The maximum Gasteiger partial charge on any atom is 0.255 e. The number of rotatable bonds is 9. The van der Waals surface area contributed by atoms with Gasteiger partial charge < -0.3 is 25.7 Å². The normalized spacial score (nSPS) is 21.9. The Hall–Kier alpha value is -4.30. The van der Waals surface area contributed by atoms with Crippen molar-refractivity contribution in [1.82, 2.24) is 25.5 Å². The molecule has 0 aliphatic carbocycles. The second kappa shape index (κ2) is 11.0. The molecule has 11 heteroatoms. The topological polar surface area (TPSA) is 113 Å². The van der Waals surface area contributed by atoms with E-state index in [2.05, 4.69) is 31.5 Å². The molecule has 2 bridgehead atoms. The minimum absolute atomic E-state index is 0.132. The predicted molar refractivity (Wildman–Crippen MR) is 140 cm³/mol. The number of piperidine rings is 1. The molecule has 6 heterocycles. The molecule has 3 fully saturated rings. The number of dihydropyridines is 1. The van der Waals surface area contributed by atoms with Crippen molar-refractivity contribution in [1.29, 1.82) is 10.7 Å². The number of aromatic nitrogens is 2. The fourth-order valence-electron chi connectivity index (χ4n) is 5.11. The van der Waals surface area contributed by atoms with Gasteiger partial charge in [-0.15, -0.1) is 0 Å². The highest BCUT2D eigenvalue weighted by Crippen LogP contribution is 2.36. The lowest BCUT2D eigenvalue weighted by molar-refractivity contribution is -0.00877. The molecule has 2 aromatic heterocycles. The van der Waals surface area contributed by atoms with Gasteiger partial charge in [-0.3, -0.25) is 4.90 Å². The van der Waals surface area contributed by atoms with E-state index < -0.39 is 13.0 Å². The van der Waals surface area contributed by atoms with Crippen LogP contribution in [0.5, 0.6) is 5.88 Å². The standard InChI is InChI=1S/C27H28F2N8O/c1-38-26-5-2-17(10-34-26)14-37-21-7-22(37)16-36(15-21)25-4-3-18(11-33-25)23-6-20(32-13-24(28)29)12-35-27(23)19(8-30)9-31/h2-6,8,10-12,21-22,24,30,32,35H,7,13-16H2,1H3/b27-19+,30-8?. The SMILES string of the molecule is COc1ccc(CN2C3CC2CN(c2ccc(C4=CC(NCC(F)F)=CN/C4=C(/C#N)C=N)cn2)C3)cn1. The van der Waals surface area contributed by atoms with E-state index in [1.54, 1.807) is 19.4 Å². The van der Waals surface area contributed by atoms with Gasteiger partial charge in [0.25, 0.3) is 6.43 Å². The molecule has 2 unspecified atom stereocenters. The van der Waals surface area contributed by atoms with Gasteiger partial charge in [0, 0.05) is 73.7 Å². The number of anilines is 1. The fourth-order valence-corrected chi connectivity index (χ4v) is 5.11. The van der Waals surface area contributed by atoms with Crippen LogP contribution in [-0.4, -0.2) is 66.3 Å². The third kappa shape index (κ3) is 5.21. The highest BCUT2D eigenvalue weighted by atomic mass is 19.3. The number of ether oxygens (including phenoxy) is 1. The molecule has 0 spiro atoms. The number of piperazine rings is 1. The molecule has 0 amide bonds. The van der Waals surface area contributed by atoms with Crippen molar-refractivity contribution in [2.75, 3.05) is 31.6 Å². The number of alkyl halides is 2. The number of nitrogens with one attached hydrogen (secondary N) is 3. The Labute approximate surface area is 219 Å². The number of pyridine rings is 2.